The highest BCUT2D eigenvalue weighted by Gasteiger charge is 1.99. The summed E-state index contributed by atoms with van der Waals surface area (Å²) in [5.74, 6) is 0.612. The van der Waals surface area contributed by atoms with Gasteiger partial charge in [0.05, 0.1) is 33.5 Å². The number of esters is 1. The van der Waals surface area contributed by atoms with E-state index in [1.165, 1.54) is 20.0 Å². The number of unbranched alkanes of at least 4 members (excludes halogenated alkanes) is 5. The molecule has 138 valence electrons. The quantitative estimate of drug-likeness (QED) is 0.214. The van der Waals surface area contributed by atoms with Crippen molar-refractivity contribution in [2.45, 2.75) is 51.4 Å². The summed E-state index contributed by atoms with van der Waals surface area (Å²) >= 11 is 5.61. The molecule has 0 N–H and O–H groups in total. The van der Waals surface area contributed by atoms with Gasteiger partial charge in [-0.25, -0.2) is 0 Å². The highest BCUT2D eigenvalue weighted by molar-refractivity contribution is 6.17. The normalized spacial score (nSPS) is 10.9. The summed E-state index contributed by atoms with van der Waals surface area (Å²) in [5, 5.41) is 0. The van der Waals surface area contributed by atoms with Crippen LogP contribution in [-0.2, 0) is 23.7 Å². The first-order valence-electron chi connectivity index (χ1n) is 8.67. The first-order valence-corrected chi connectivity index (χ1v) is 9.20. The number of hydrogen-bond acceptors (Lipinski definition) is 5. The molecule has 0 atom stereocenters. The van der Waals surface area contributed by atoms with E-state index < -0.39 is 0 Å². The fourth-order valence-corrected chi connectivity index (χ4v) is 2.14. The van der Waals surface area contributed by atoms with E-state index in [-0.39, 0.29) is 5.97 Å². The fourth-order valence-electron chi connectivity index (χ4n) is 1.95. The number of carbonyl (C=O) groups is 1. The van der Waals surface area contributed by atoms with E-state index >= 15 is 0 Å². The first-order chi connectivity index (χ1) is 11.3. The largest absolute Gasteiger partial charge is 0.469 e. The number of rotatable bonds is 18. The van der Waals surface area contributed by atoms with Crippen LogP contribution >= 0.6 is 11.6 Å². The van der Waals surface area contributed by atoms with E-state index in [2.05, 4.69) is 4.74 Å². The molecule has 23 heavy (non-hydrogen) atoms. The Bertz CT molecular complexity index is 251. The van der Waals surface area contributed by atoms with Gasteiger partial charge in [0, 0.05) is 25.5 Å². The highest BCUT2D eigenvalue weighted by Crippen LogP contribution is 2.02. The van der Waals surface area contributed by atoms with Gasteiger partial charge in [-0.3, -0.25) is 4.79 Å². The molecule has 0 rings (SSSR count). The summed E-state index contributed by atoms with van der Waals surface area (Å²) in [6.07, 6.45) is 7.84. The molecular formula is C17H33ClO5. The molecule has 0 heterocycles. The van der Waals surface area contributed by atoms with Crippen LogP contribution < -0.4 is 0 Å². The molecule has 0 bridgehead atoms. The van der Waals surface area contributed by atoms with Gasteiger partial charge in [0.25, 0.3) is 0 Å². The maximum absolute atomic E-state index is 10.9. The Balaban J connectivity index is 2.99. The summed E-state index contributed by atoms with van der Waals surface area (Å²) in [6, 6.07) is 0. The first kappa shape index (κ1) is 22.6. The van der Waals surface area contributed by atoms with Crippen LogP contribution in [0.2, 0.25) is 0 Å². The molecule has 0 saturated heterocycles. The Morgan fingerprint density at radius 1 is 0.696 bits per heavy atom. The SMILES string of the molecule is COC(=O)CCCCCOCCOCCOCCCCCCCl. The summed E-state index contributed by atoms with van der Waals surface area (Å²) in [7, 11) is 1.42. The topological polar surface area (TPSA) is 54.0 Å². The van der Waals surface area contributed by atoms with Gasteiger partial charge in [-0.15, -0.1) is 11.6 Å². The van der Waals surface area contributed by atoms with Gasteiger partial charge in [0.2, 0.25) is 0 Å². The Kier molecular flexibility index (Phi) is 19.4. The second-order valence-electron chi connectivity index (χ2n) is 5.33. The monoisotopic (exact) mass is 352 g/mol. The number of halogens is 1. The summed E-state index contributed by atoms with van der Waals surface area (Å²) < 4.78 is 20.9. The van der Waals surface area contributed by atoms with Crippen LogP contribution in [0.5, 0.6) is 0 Å². The molecule has 0 fully saturated rings. The van der Waals surface area contributed by atoms with Crippen LogP contribution in [0.4, 0.5) is 0 Å². The van der Waals surface area contributed by atoms with Gasteiger partial charge in [-0.2, -0.15) is 0 Å². The minimum atomic E-state index is -0.142. The van der Waals surface area contributed by atoms with Gasteiger partial charge in [-0.1, -0.05) is 19.3 Å². The van der Waals surface area contributed by atoms with Crippen LogP contribution in [0, 0.1) is 0 Å². The van der Waals surface area contributed by atoms with Crippen molar-refractivity contribution >= 4 is 17.6 Å². The van der Waals surface area contributed by atoms with E-state index in [1.807, 2.05) is 0 Å². The van der Waals surface area contributed by atoms with Gasteiger partial charge in [-0.05, 0) is 25.7 Å². The molecule has 0 aromatic rings. The molecule has 0 aliphatic carbocycles. The highest BCUT2D eigenvalue weighted by atomic mass is 35.5. The lowest BCUT2D eigenvalue weighted by Gasteiger charge is -2.07. The third-order valence-electron chi connectivity index (χ3n) is 3.31. The lowest BCUT2D eigenvalue weighted by atomic mass is 10.2. The van der Waals surface area contributed by atoms with Crippen LogP contribution in [0.3, 0.4) is 0 Å². The average Bonchev–Trinajstić information content (AvgIpc) is 2.57. The lowest BCUT2D eigenvalue weighted by molar-refractivity contribution is -0.140. The molecule has 0 radical (unpaired) electrons. The number of carbonyl (C=O) groups excluding carboxylic acids is 1. The molecule has 0 aromatic carbocycles. The number of methoxy groups -OCH3 is 1. The maximum atomic E-state index is 10.9. The summed E-state index contributed by atoms with van der Waals surface area (Å²) in [5.41, 5.74) is 0. The van der Waals surface area contributed by atoms with E-state index in [0.29, 0.717) is 39.5 Å². The second-order valence-corrected chi connectivity index (χ2v) is 5.71. The third kappa shape index (κ3) is 19.6. The van der Waals surface area contributed by atoms with Crippen molar-refractivity contribution in [3.05, 3.63) is 0 Å². The lowest BCUT2D eigenvalue weighted by Crippen LogP contribution is -2.10. The van der Waals surface area contributed by atoms with E-state index in [4.69, 9.17) is 25.8 Å². The Morgan fingerprint density at radius 2 is 1.17 bits per heavy atom. The average molecular weight is 353 g/mol. The molecule has 0 aromatic heterocycles. The van der Waals surface area contributed by atoms with Crippen molar-refractivity contribution in [3.8, 4) is 0 Å². The van der Waals surface area contributed by atoms with Crippen LogP contribution in [0.15, 0.2) is 0 Å². The molecule has 0 saturated carbocycles. The predicted octanol–water partition coefficient (Wildman–Crippen LogP) is 3.57. The van der Waals surface area contributed by atoms with Gasteiger partial charge < -0.3 is 18.9 Å². The minimum absolute atomic E-state index is 0.142. The van der Waals surface area contributed by atoms with Crippen molar-refractivity contribution in [1.82, 2.24) is 0 Å². The molecular weight excluding hydrogens is 320 g/mol. The Morgan fingerprint density at radius 3 is 1.70 bits per heavy atom. The summed E-state index contributed by atoms with van der Waals surface area (Å²) in [4.78, 5) is 10.9. The van der Waals surface area contributed by atoms with Gasteiger partial charge in [0.15, 0.2) is 0 Å². The molecule has 5 nitrogen and oxygen atoms in total. The van der Waals surface area contributed by atoms with Crippen molar-refractivity contribution in [1.29, 1.82) is 0 Å². The molecule has 0 aliphatic rings. The number of ether oxygens (including phenoxy) is 4. The maximum Gasteiger partial charge on any atom is 0.305 e. The van der Waals surface area contributed by atoms with E-state index in [1.54, 1.807) is 0 Å². The van der Waals surface area contributed by atoms with Gasteiger partial charge in [0.1, 0.15) is 0 Å². The second kappa shape index (κ2) is 19.7. The van der Waals surface area contributed by atoms with Crippen molar-refractivity contribution < 1.29 is 23.7 Å². The Labute approximate surface area is 145 Å². The van der Waals surface area contributed by atoms with E-state index in [9.17, 15) is 4.79 Å². The molecule has 6 heteroatoms. The summed E-state index contributed by atoms with van der Waals surface area (Å²) in [6.45, 7) is 3.97. The van der Waals surface area contributed by atoms with Gasteiger partial charge >= 0.3 is 5.97 Å². The molecule has 0 unspecified atom stereocenters. The van der Waals surface area contributed by atoms with E-state index in [0.717, 1.165) is 44.6 Å². The van der Waals surface area contributed by atoms with Crippen LogP contribution in [-0.4, -0.2) is 58.6 Å². The zero-order valence-corrected chi connectivity index (χ0v) is 15.3. The predicted molar refractivity (Wildman–Crippen MR) is 92.1 cm³/mol. The third-order valence-corrected chi connectivity index (χ3v) is 3.58. The zero-order chi connectivity index (χ0) is 17.0. The van der Waals surface area contributed by atoms with Crippen molar-refractivity contribution in [3.63, 3.8) is 0 Å². The van der Waals surface area contributed by atoms with Crippen LogP contribution in [0.25, 0.3) is 0 Å². The fraction of sp³-hybridized carbons (Fsp3) is 0.941. The van der Waals surface area contributed by atoms with Crippen molar-refractivity contribution in [2.24, 2.45) is 0 Å². The van der Waals surface area contributed by atoms with Crippen LogP contribution in [0.1, 0.15) is 51.4 Å². The standard InChI is InChI=1S/C17H33ClO5/c1-20-17(19)9-5-4-8-12-22-14-16-23-15-13-21-11-7-3-2-6-10-18/h2-16H2,1H3. The molecule has 0 spiro atoms. The molecule has 0 aliphatic heterocycles. The molecule has 0 amide bonds. The number of alkyl halides is 1. The zero-order valence-electron chi connectivity index (χ0n) is 14.5. The minimum Gasteiger partial charge on any atom is -0.469 e. The van der Waals surface area contributed by atoms with Crippen molar-refractivity contribution in [2.75, 3.05) is 52.6 Å². The smallest absolute Gasteiger partial charge is 0.305 e. The Hall–Kier alpha value is -0.360. The number of hydrogen-bond donors (Lipinski definition) is 0.